The summed E-state index contributed by atoms with van der Waals surface area (Å²) in [6, 6.07) is 15.4. The highest BCUT2D eigenvalue weighted by Gasteiger charge is 2.16. The minimum absolute atomic E-state index is 0.0453. The maximum Gasteiger partial charge on any atom is 0.185 e. The van der Waals surface area contributed by atoms with E-state index in [4.69, 9.17) is 4.74 Å². The van der Waals surface area contributed by atoms with Crippen LogP contribution in [0.3, 0.4) is 0 Å². The van der Waals surface area contributed by atoms with E-state index >= 15 is 0 Å². The highest BCUT2D eigenvalue weighted by molar-refractivity contribution is 6.07. The van der Waals surface area contributed by atoms with Crippen LogP contribution in [-0.4, -0.2) is 52.7 Å². The number of benzene rings is 2. The van der Waals surface area contributed by atoms with Crippen LogP contribution < -0.4 is 4.74 Å². The molecule has 33 heavy (non-hydrogen) atoms. The minimum atomic E-state index is -0.429. The lowest BCUT2D eigenvalue weighted by molar-refractivity contribution is 0.101. The predicted octanol–water partition coefficient (Wildman–Crippen LogP) is 5.17. The summed E-state index contributed by atoms with van der Waals surface area (Å²) >= 11 is 0. The minimum Gasteiger partial charge on any atom is -0.494 e. The fourth-order valence-corrected chi connectivity index (χ4v) is 4.60. The van der Waals surface area contributed by atoms with Crippen molar-refractivity contribution in [2.24, 2.45) is 0 Å². The third-order valence-electron chi connectivity index (χ3n) is 6.26. The maximum absolute atomic E-state index is 12.7. The molecule has 0 aliphatic carbocycles. The van der Waals surface area contributed by atoms with Crippen LogP contribution in [0.5, 0.6) is 5.75 Å². The number of aliphatic hydroxyl groups excluding tert-OH is 1. The first-order valence-corrected chi connectivity index (χ1v) is 12.1. The molecule has 2 aromatic carbocycles. The zero-order chi connectivity index (χ0) is 23.0. The van der Waals surface area contributed by atoms with E-state index in [9.17, 15) is 9.90 Å². The molecular formula is C28H34N2O3. The van der Waals surface area contributed by atoms with Crippen LogP contribution in [0.2, 0.25) is 0 Å². The molecule has 5 nitrogen and oxygen atoms in total. The summed E-state index contributed by atoms with van der Waals surface area (Å²) in [6.45, 7) is 5.93. The number of aliphatic hydroxyl groups is 1. The van der Waals surface area contributed by atoms with E-state index < -0.39 is 6.10 Å². The molecule has 0 radical (unpaired) electrons. The number of likely N-dealkylation sites (tertiary alicyclic amines) is 1. The second-order valence-electron chi connectivity index (χ2n) is 8.78. The van der Waals surface area contributed by atoms with E-state index in [0.717, 1.165) is 35.3 Å². The highest BCUT2D eigenvalue weighted by Crippen LogP contribution is 2.24. The summed E-state index contributed by atoms with van der Waals surface area (Å²) < 4.78 is 7.56. The van der Waals surface area contributed by atoms with Crippen LogP contribution in [0.4, 0.5) is 0 Å². The lowest BCUT2D eigenvalue weighted by atomic mass is 10.1. The number of para-hydroxylation sites is 1. The van der Waals surface area contributed by atoms with E-state index in [1.54, 1.807) is 18.2 Å². The molecule has 0 unspecified atom stereocenters. The largest absolute Gasteiger partial charge is 0.494 e. The molecule has 3 aromatic rings. The summed E-state index contributed by atoms with van der Waals surface area (Å²) in [5.74, 6) is 0.718. The fourth-order valence-electron chi connectivity index (χ4n) is 4.60. The molecule has 0 saturated carbocycles. The number of carbonyl (C=O) groups excluding carboxylic acids is 1. The van der Waals surface area contributed by atoms with Gasteiger partial charge in [0.05, 0.1) is 12.7 Å². The Hall–Kier alpha value is -2.89. The molecule has 5 heteroatoms. The van der Waals surface area contributed by atoms with Crippen molar-refractivity contribution >= 4 is 22.8 Å². The third-order valence-corrected chi connectivity index (χ3v) is 6.26. The Morgan fingerprint density at radius 3 is 2.48 bits per heavy atom. The summed E-state index contributed by atoms with van der Waals surface area (Å²) in [4.78, 5) is 15.1. The van der Waals surface area contributed by atoms with Crippen LogP contribution in [0.15, 0.2) is 60.8 Å². The first-order valence-electron chi connectivity index (χ1n) is 12.1. The number of nitrogens with zero attached hydrogens (tertiary/aromatic N) is 2. The molecule has 1 saturated heterocycles. The van der Waals surface area contributed by atoms with Gasteiger partial charge >= 0.3 is 0 Å². The normalized spacial score (nSPS) is 16.2. The van der Waals surface area contributed by atoms with Crippen molar-refractivity contribution in [2.75, 3.05) is 26.2 Å². The van der Waals surface area contributed by atoms with Crippen molar-refractivity contribution < 1.29 is 14.6 Å². The number of hydrogen-bond acceptors (Lipinski definition) is 4. The Balaban J connectivity index is 1.47. The average Bonchev–Trinajstić information content (AvgIpc) is 2.97. The first-order chi connectivity index (χ1) is 16.1. The van der Waals surface area contributed by atoms with Crippen LogP contribution in [0.25, 0.3) is 17.0 Å². The zero-order valence-corrected chi connectivity index (χ0v) is 19.5. The van der Waals surface area contributed by atoms with Crippen molar-refractivity contribution in [3.8, 4) is 5.75 Å². The van der Waals surface area contributed by atoms with Gasteiger partial charge in [-0.1, -0.05) is 31.0 Å². The maximum atomic E-state index is 12.7. The van der Waals surface area contributed by atoms with Crippen molar-refractivity contribution in [3.05, 3.63) is 71.9 Å². The SMILES string of the molecule is CCOc1ccc(C(=O)/C=C/c2cn(C[C@@H](O)CN3CCCCCC3)c3ccccc23)cc1. The number of fused-ring (bicyclic) bond motifs is 1. The number of rotatable bonds is 9. The number of ether oxygens (including phenoxy) is 1. The molecule has 1 aromatic heterocycles. The number of allylic oxidation sites excluding steroid dienone is 1. The van der Waals surface area contributed by atoms with Gasteiger partial charge in [0.1, 0.15) is 5.75 Å². The van der Waals surface area contributed by atoms with Gasteiger partial charge in [-0.25, -0.2) is 0 Å². The molecule has 0 amide bonds. The van der Waals surface area contributed by atoms with Gasteiger partial charge in [0, 0.05) is 41.3 Å². The van der Waals surface area contributed by atoms with Crippen LogP contribution in [0, 0.1) is 0 Å². The Labute approximate surface area is 196 Å². The molecule has 174 valence electrons. The number of aromatic nitrogens is 1. The number of carbonyl (C=O) groups is 1. The fraction of sp³-hybridized carbons (Fsp3) is 0.393. The second-order valence-corrected chi connectivity index (χ2v) is 8.78. The van der Waals surface area contributed by atoms with E-state index in [2.05, 4.69) is 21.6 Å². The molecule has 1 aliphatic rings. The van der Waals surface area contributed by atoms with Crippen LogP contribution in [0.1, 0.15) is 48.5 Å². The van der Waals surface area contributed by atoms with Gasteiger partial charge in [-0.3, -0.25) is 4.79 Å². The van der Waals surface area contributed by atoms with Gasteiger partial charge in [0.25, 0.3) is 0 Å². The van der Waals surface area contributed by atoms with Crippen molar-refractivity contribution in [1.82, 2.24) is 9.47 Å². The lowest BCUT2D eigenvalue weighted by Crippen LogP contribution is -2.35. The van der Waals surface area contributed by atoms with Crippen molar-refractivity contribution in [1.29, 1.82) is 0 Å². The highest BCUT2D eigenvalue weighted by atomic mass is 16.5. The topological polar surface area (TPSA) is 54.7 Å². The molecule has 0 spiro atoms. The Bertz CT molecular complexity index is 1080. The second kappa shape index (κ2) is 11.3. The standard InChI is InChI=1S/C28H34N2O3/c1-2-33-25-14-11-22(12-15-25)28(32)16-13-23-19-30(27-10-6-5-9-26(23)27)21-24(31)20-29-17-7-3-4-8-18-29/h5-6,9-16,19,24,31H,2-4,7-8,17-18,20-21H2,1H3/b16-13+/t24-/m0/s1. The number of ketones is 1. The molecule has 0 bridgehead atoms. The van der Waals surface area contributed by atoms with Crippen molar-refractivity contribution in [2.45, 2.75) is 45.3 Å². The molecular weight excluding hydrogens is 412 g/mol. The molecule has 1 aliphatic heterocycles. The Morgan fingerprint density at radius 2 is 1.76 bits per heavy atom. The van der Waals surface area contributed by atoms with E-state index in [1.807, 2.05) is 43.5 Å². The molecule has 4 rings (SSSR count). The quantitative estimate of drug-likeness (QED) is 0.364. The van der Waals surface area contributed by atoms with Gasteiger partial charge in [-0.05, 0) is 75.3 Å². The van der Waals surface area contributed by atoms with E-state index in [0.29, 0.717) is 25.3 Å². The molecule has 2 heterocycles. The number of hydrogen-bond donors (Lipinski definition) is 1. The van der Waals surface area contributed by atoms with Gasteiger partial charge in [0.15, 0.2) is 5.78 Å². The monoisotopic (exact) mass is 446 g/mol. The van der Waals surface area contributed by atoms with Gasteiger partial charge in [-0.2, -0.15) is 0 Å². The third kappa shape index (κ3) is 6.12. The lowest BCUT2D eigenvalue weighted by Gasteiger charge is -2.23. The van der Waals surface area contributed by atoms with Crippen molar-refractivity contribution in [3.63, 3.8) is 0 Å². The van der Waals surface area contributed by atoms with Crippen LogP contribution >= 0.6 is 0 Å². The van der Waals surface area contributed by atoms with Gasteiger partial charge < -0.3 is 19.3 Å². The summed E-state index contributed by atoms with van der Waals surface area (Å²) in [5, 5.41) is 11.9. The predicted molar refractivity (Wildman–Crippen MR) is 134 cm³/mol. The molecule has 1 N–H and O–H groups in total. The van der Waals surface area contributed by atoms with Crippen LogP contribution in [-0.2, 0) is 6.54 Å². The summed E-state index contributed by atoms with van der Waals surface area (Å²) in [5.41, 5.74) is 2.68. The summed E-state index contributed by atoms with van der Waals surface area (Å²) in [6.07, 6.45) is 10.1. The molecule has 1 atom stereocenters. The Morgan fingerprint density at radius 1 is 1.03 bits per heavy atom. The smallest absolute Gasteiger partial charge is 0.185 e. The number of β-amino-alcohol motifs (C(OH)–C–C–N with tert-alkyl or cyclic N) is 1. The molecule has 1 fully saturated rings. The van der Waals surface area contributed by atoms with E-state index in [-0.39, 0.29) is 5.78 Å². The average molecular weight is 447 g/mol. The summed E-state index contributed by atoms with van der Waals surface area (Å²) in [7, 11) is 0. The Kier molecular flexibility index (Phi) is 7.97. The van der Waals surface area contributed by atoms with Gasteiger partial charge in [0.2, 0.25) is 0 Å². The van der Waals surface area contributed by atoms with E-state index in [1.165, 1.54) is 25.7 Å². The van der Waals surface area contributed by atoms with Gasteiger partial charge in [-0.15, -0.1) is 0 Å². The zero-order valence-electron chi connectivity index (χ0n) is 19.5. The first kappa shape index (κ1) is 23.3.